The number of hydrogen-bond donors (Lipinski definition) is 3. The van der Waals surface area contributed by atoms with E-state index in [1.165, 1.54) is 11.8 Å². The van der Waals surface area contributed by atoms with Crippen molar-refractivity contribution >= 4 is 40.3 Å². The summed E-state index contributed by atoms with van der Waals surface area (Å²) < 4.78 is 0. The normalized spacial score (nSPS) is 13.6. The molecule has 1 saturated heterocycles. The maximum Gasteiger partial charge on any atom is 0.247 e. The first-order valence-corrected chi connectivity index (χ1v) is 12.6. The highest BCUT2D eigenvalue weighted by Gasteiger charge is 2.15. The summed E-state index contributed by atoms with van der Waals surface area (Å²) >= 11 is 0. The van der Waals surface area contributed by atoms with Gasteiger partial charge in [0.25, 0.3) is 0 Å². The summed E-state index contributed by atoms with van der Waals surface area (Å²) in [7, 11) is 2.16. The van der Waals surface area contributed by atoms with Crippen LogP contribution in [0, 0.1) is 0 Å². The molecule has 38 heavy (non-hydrogen) atoms. The van der Waals surface area contributed by atoms with Crippen LogP contribution in [0.4, 0.5) is 34.4 Å². The zero-order valence-electron chi connectivity index (χ0n) is 21.4. The molecule has 0 radical (unpaired) electrons. The molecule has 3 N–H and O–H groups in total. The molecule has 0 aliphatic carbocycles. The fourth-order valence-electron chi connectivity index (χ4n) is 4.34. The molecule has 1 aliphatic heterocycles. The Balaban J connectivity index is 1.45. The van der Waals surface area contributed by atoms with Gasteiger partial charge in [0.15, 0.2) is 0 Å². The predicted molar refractivity (Wildman–Crippen MR) is 155 cm³/mol. The number of rotatable bonds is 8. The number of nitrogens with zero attached hydrogens (tertiary/aromatic N) is 4. The van der Waals surface area contributed by atoms with Gasteiger partial charge in [0, 0.05) is 54.5 Å². The van der Waals surface area contributed by atoms with E-state index in [-0.39, 0.29) is 5.91 Å². The molecule has 1 amide bonds. The Labute approximate surface area is 223 Å². The number of para-hydroxylation sites is 1. The summed E-state index contributed by atoms with van der Waals surface area (Å²) in [5, 5.41) is 9.62. The Morgan fingerprint density at radius 3 is 2.39 bits per heavy atom. The van der Waals surface area contributed by atoms with Crippen molar-refractivity contribution in [3.63, 3.8) is 0 Å². The van der Waals surface area contributed by atoms with Crippen molar-refractivity contribution in [2.24, 2.45) is 0 Å². The fraction of sp³-hybridized carbons (Fsp3) is 0.167. The maximum absolute atomic E-state index is 11.9. The van der Waals surface area contributed by atoms with E-state index < -0.39 is 0 Å². The monoisotopic (exact) mass is 505 g/mol. The standard InChI is InChI=1S/C30H31N7O/c1-3-28(38)33-24-12-7-9-22(19-24)29-27(32-23-10-5-4-6-11-23)21-31-30(35-29)34-25-13-8-14-26(20-25)37-17-15-36(2)16-18-37/h3-14,19-21,32H,1,15-18H2,2H3,(H,33,38)(H,31,34,35). The predicted octanol–water partition coefficient (Wildman–Crippen LogP) is 5.51. The number of carbonyl (C=O) groups is 1. The lowest BCUT2D eigenvalue weighted by molar-refractivity contribution is -0.111. The van der Waals surface area contributed by atoms with E-state index >= 15 is 0 Å². The van der Waals surface area contributed by atoms with Crippen molar-refractivity contribution < 1.29 is 4.79 Å². The number of carbonyl (C=O) groups excluding carboxylic acids is 1. The third-order valence-electron chi connectivity index (χ3n) is 6.40. The lowest BCUT2D eigenvalue weighted by Crippen LogP contribution is -2.44. The van der Waals surface area contributed by atoms with Crippen LogP contribution >= 0.6 is 0 Å². The molecule has 5 rings (SSSR count). The molecule has 0 bridgehead atoms. The number of amides is 1. The lowest BCUT2D eigenvalue weighted by Gasteiger charge is -2.34. The molecule has 0 spiro atoms. The van der Waals surface area contributed by atoms with Crippen LogP contribution in [0.25, 0.3) is 11.3 Å². The molecule has 0 unspecified atom stereocenters. The number of benzene rings is 3. The minimum atomic E-state index is -0.268. The molecule has 1 fully saturated rings. The second-order valence-electron chi connectivity index (χ2n) is 9.19. The SMILES string of the molecule is C=CC(=O)Nc1cccc(-c2nc(Nc3cccc(N4CCN(C)CC4)c3)ncc2Nc2ccccc2)c1. The molecule has 8 nitrogen and oxygen atoms in total. The van der Waals surface area contributed by atoms with E-state index in [2.05, 4.69) is 56.5 Å². The lowest BCUT2D eigenvalue weighted by atomic mass is 10.1. The quantitative estimate of drug-likeness (QED) is 0.272. The van der Waals surface area contributed by atoms with Crippen molar-refractivity contribution in [3.8, 4) is 11.3 Å². The molecule has 192 valence electrons. The van der Waals surface area contributed by atoms with Gasteiger partial charge in [-0.05, 0) is 55.6 Å². The maximum atomic E-state index is 11.9. The van der Waals surface area contributed by atoms with Crippen molar-refractivity contribution in [3.05, 3.63) is 97.7 Å². The van der Waals surface area contributed by atoms with Crippen molar-refractivity contribution in [2.45, 2.75) is 0 Å². The first-order valence-electron chi connectivity index (χ1n) is 12.6. The molecule has 1 aliphatic rings. The van der Waals surface area contributed by atoms with E-state index in [1.54, 1.807) is 6.20 Å². The van der Waals surface area contributed by atoms with Crippen LogP contribution in [0.1, 0.15) is 0 Å². The first kappa shape index (κ1) is 25.0. The molecular formula is C30H31N7O. The van der Waals surface area contributed by atoms with E-state index in [0.717, 1.165) is 48.8 Å². The van der Waals surface area contributed by atoms with Crippen LogP contribution in [0.15, 0.2) is 97.7 Å². The second kappa shape index (κ2) is 11.6. The number of anilines is 6. The van der Waals surface area contributed by atoms with Gasteiger partial charge in [-0.2, -0.15) is 0 Å². The molecular weight excluding hydrogens is 474 g/mol. The van der Waals surface area contributed by atoms with Crippen LogP contribution < -0.4 is 20.9 Å². The van der Waals surface area contributed by atoms with Crippen LogP contribution in [-0.4, -0.2) is 54.0 Å². The van der Waals surface area contributed by atoms with Crippen molar-refractivity contribution in [2.75, 3.05) is 54.1 Å². The Morgan fingerprint density at radius 2 is 1.61 bits per heavy atom. The summed E-state index contributed by atoms with van der Waals surface area (Å²) in [6.45, 7) is 7.63. The summed E-state index contributed by atoms with van der Waals surface area (Å²) in [4.78, 5) is 26.1. The third-order valence-corrected chi connectivity index (χ3v) is 6.40. The molecule has 3 aromatic carbocycles. The van der Waals surface area contributed by atoms with E-state index in [0.29, 0.717) is 17.3 Å². The van der Waals surface area contributed by atoms with Gasteiger partial charge in [-0.1, -0.05) is 43.0 Å². The van der Waals surface area contributed by atoms with Gasteiger partial charge >= 0.3 is 0 Å². The number of likely N-dealkylation sites (N-methyl/N-ethyl adjacent to an activating group) is 1. The highest BCUT2D eigenvalue weighted by atomic mass is 16.1. The largest absolute Gasteiger partial charge is 0.369 e. The highest BCUT2D eigenvalue weighted by Crippen LogP contribution is 2.31. The topological polar surface area (TPSA) is 85.4 Å². The third kappa shape index (κ3) is 6.16. The van der Waals surface area contributed by atoms with Crippen molar-refractivity contribution in [1.82, 2.24) is 14.9 Å². The minimum absolute atomic E-state index is 0.268. The minimum Gasteiger partial charge on any atom is -0.369 e. The zero-order chi connectivity index (χ0) is 26.3. The number of aromatic nitrogens is 2. The van der Waals surface area contributed by atoms with Crippen LogP contribution in [0.5, 0.6) is 0 Å². The Hall–Kier alpha value is -4.69. The van der Waals surface area contributed by atoms with Crippen LogP contribution in [0.2, 0.25) is 0 Å². The van der Waals surface area contributed by atoms with E-state index in [1.807, 2.05) is 66.7 Å². The Morgan fingerprint density at radius 1 is 0.868 bits per heavy atom. The summed E-state index contributed by atoms with van der Waals surface area (Å²) in [6, 6.07) is 25.8. The van der Waals surface area contributed by atoms with Crippen molar-refractivity contribution in [1.29, 1.82) is 0 Å². The number of nitrogens with one attached hydrogen (secondary N) is 3. The molecule has 8 heteroatoms. The second-order valence-corrected chi connectivity index (χ2v) is 9.19. The average Bonchev–Trinajstić information content (AvgIpc) is 2.95. The number of hydrogen-bond acceptors (Lipinski definition) is 7. The molecule has 0 atom stereocenters. The zero-order valence-corrected chi connectivity index (χ0v) is 21.4. The molecule has 4 aromatic rings. The Bertz CT molecular complexity index is 1420. The van der Waals surface area contributed by atoms with Gasteiger partial charge < -0.3 is 25.8 Å². The van der Waals surface area contributed by atoms with Crippen LogP contribution in [0.3, 0.4) is 0 Å². The Kier molecular flexibility index (Phi) is 7.61. The summed E-state index contributed by atoms with van der Waals surface area (Å²) in [6.07, 6.45) is 3.02. The van der Waals surface area contributed by atoms with Gasteiger partial charge in [0.1, 0.15) is 0 Å². The summed E-state index contributed by atoms with van der Waals surface area (Å²) in [5.74, 6) is 0.213. The van der Waals surface area contributed by atoms with Gasteiger partial charge in [-0.25, -0.2) is 9.97 Å². The smallest absolute Gasteiger partial charge is 0.247 e. The van der Waals surface area contributed by atoms with Gasteiger partial charge in [-0.3, -0.25) is 4.79 Å². The molecule has 1 aromatic heterocycles. The number of piperazine rings is 1. The van der Waals surface area contributed by atoms with E-state index in [4.69, 9.17) is 4.98 Å². The van der Waals surface area contributed by atoms with Gasteiger partial charge in [-0.15, -0.1) is 0 Å². The average molecular weight is 506 g/mol. The molecule has 0 saturated carbocycles. The molecule has 2 heterocycles. The first-order chi connectivity index (χ1) is 18.6. The highest BCUT2D eigenvalue weighted by molar-refractivity contribution is 5.99. The van der Waals surface area contributed by atoms with E-state index in [9.17, 15) is 4.79 Å². The summed E-state index contributed by atoms with van der Waals surface area (Å²) in [5.41, 5.74) is 5.97. The van der Waals surface area contributed by atoms with Gasteiger partial charge in [0.2, 0.25) is 11.9 Å². The fourth-order valence-corrected chi connectivity index (χ4v) is 4.34. The van der Waals surface area contributed by atoms with Gasteiger partial charge in [0.05, 0.1) is 17.6 Å². The van der Waals surface area contributed by atoms with Crippen LogP contribution in [-0.2, 0) is 4.79 Å².